The molecule has 1 N–H and O–H groups in total. The number of ether oxygens (including phenoxy) is 1. The molecule has 0 bridgehead atoms. The minimum absolute atomic E-state index is 0.315. The second-order valence-corrected chi connectivity index (χ2v) is 9.88. The smallest absolute Gasteiger partial charge is 0.243 e. The lowest BCUT2D eigenvalue weighted by Gasteiger charge is -2.27. The number of aromatic nitrogens is 2. The van der Waals surface area contributed by atoms with E-state index in [9.17, 15) is 8.42 Å². The van der Waals surface area contributed by atoms with Gasteiger partial charge in [0.25, 0.3) is 0 Å². The number of nitrogens with zero attached hydrogens (tertiary/aromatic N) is 4. The van der Waals surface area contributed by atoms with E-state index in [1.165, 1.54) is 4.31 Å². The molecule has 9 heteroatoms. The highest BCUT2D eigenvalue weighted by atomic mass is 32.2. The number of sulfonamides is 1. The van der Waals surface area contributed by atoms with Crippen LogP contribution in [-0.2, 0) is 21.3 Å². The molecular formula is C22H27N5O3S. The molecule has 4 heterocycles. The molecule has 2 fully saturated rings. The third kappa shape index (κ3) is 4.13. The van der Waals surface area contributed by atoms with Gasteiger partial charge in [-0.1, -0.05) is 6.07 Å². The summed E-state index contributed by atoms with van der Waals surface area (Å²) in [7, 11) is -3.55. The van der Waals surface area contributed by atoms with Gasteiger partial charge in [0.2, 0.25) is 10.0 Å². The maximum absolute atomic E-state index is 13.2. The highest BCUT2D eigenvalue weighted by Crippen LogP contribution is 2.33. The Labute approximate surface area is 182 Å². The summed E-state index contributed by atoms with van der Waals surface area (Å²) >= 11 is 0. The van der Waals surface area contributed by atoms with Gasteiger partial charge >= 0.3 is 0 Å². The zero-order valence-electron chi connectivity index (χ0n) is 17.4. The molecule has 5 rings (SSSR count). The Morgan fingerprint density at radius 2 is 1.84 bits per heavy atom. The Morgan fingerprint density at radius 3 is 2.61 bits per heavy atom. The molecular weight excluding hydrogens is 414 g/mol. The minimum Gasteiger partial charge on any atom is -0.379 e. The van der Waals surface area contributed by atoms with Crippen LogP contribution in [0.4, 0.5) is 11.4 Å². The van der Waals surface area contributed by atoms with Crippen LogP contribution in [0.3, 0.4) is 0 Å². The summed E-state index contributed by atoms with van der Waals surface area (Å²) in [5, 5.41) is 3.46. The highest BCUT2D eigenvalue weighted by Gasteiger charge is 2.27. The van der Waals surface area contributed by atoms with Gasteiger partial charge in [-0.15, -0.1) is 0 Å². The molecule has 2 aliphatic rings. The van der Waals surface area contributed by atoms with E-state index in [2.05, 4.69) is 15.2 Å². The van der Waals surface area contributed by atoms with Crippen LogP contribution in [0.2, 0.25) is 0 Å². The number of pyridine rings is 1. The first kappa shape index (κ1) is 20.3. The quantitative estimate of drug-likeness (QED) is 0.633. The van der Waals surface area contributed by atoms with Gasteiger partial charge in [0, 0.05) is 38.6 Å². The number of hydrogen-bond donors (Lipinski definition) is 1. The highest BCUT2D eigenvalue weighted by molar-refractivity contribution is 7.89. The molecule has 0 radical (unpaired) electrons. The van der Waals surface area contributed by atoms with Crippen molar-refractivity contribution in [3.05, 3.63) is 54.5 Å². The molecule has 3 aromatic rings. The first-order valence-corrected chi connectivity index (χ1v) is 12.2. The number of imidazole rings is 1. The number of hydrogen-bond acceptors (Lipinski definition) is 6. The van der Waals surface area contributed by atoms with Crippen LogP contribution in [0.15, 0.2) is 53.7 Å². The van der Waals surface area contributed by atoms with Crippen molar-refractivity contribution in [3.63, 3.8) is 0 Å². The van der Waals surface area contributed by atoms with E-state index >= 15 is 0 Å². The lowest BCUT2D eigenvalue weighted by atomic mass is 10.2. The number of fused-ring (bicyclic) bond motifs is 1. The average Bonchev–Trinajstić information content (AvgIpc) is 3.48. The molecule has 1 aromatic carbocycles. The van der Waals surface area contributed by atoms with Gasteiger partial charge in [0.1, 0.15) is 5.65 Å². The van der Waals surface area contributed by atoms with Gasteiger partial charge in [-0.3, -0.25) is 0 Å². The fourth-order valence-electron chi connectivity index (χ4n) is 4.25. The van der Waals surface area contributed by atoms with Crippen molar-refractivity contribution >= 4 is 27.0 Å². The predicted octanol–water partition coefficient (Wildman–Crippen LogP) is 2.57. The van der Waals surface area contributed by atoms with Gasteiger partial charge in [-0.25, -0.2) is 13.4 Å². The van der Waals surface area contributed by atoms with Crippen LogP contribution >= 0.6 is 0 Å². The number of rotatable bonds is 6. The summed E-state index contributed by atoms with van der Waals surface area (Å²) in [6.45, 7) is 4.13. The molecule has 31 heavy (non-hydrogen) atoms. The zero-order valence-corrected chi connectivity index (χ0v) is 18.2. The second kappa shape index (κ2) is 8.49. The van der Waals surface area contributed by atoms with Crippen molar-refractivity contribution < 1.29 is 13.2 Å². The Balaban J connectivity index is 1.44. The lowest BCUT2D eigenvalue weighted by molar-refractivity contribution is 0.0730. The van der Waals surface area contributed by atoms with Crippen LogP contribution in [-0.4, -0.2) is 61.5 Å². The van der Waals surface area contributed by atoms with Crippen LogP contribution in [0, 0.1) is 0 Å². The summed E-state index contributed by atoms with van der Waals surface area (Å²) in [5.74, 6) is 0. The van der Waals surface area contributed by atoms with Crippen LogP contribution < -0.4 is 10.2 Å². The molecule has 0 atom stereocenters. The monoisotopic (exact) mass is 441 g/mol. The second-order valence-electron chi connectivity index (χ2n) is 7.94. The molecule has 2 saturated heterocycles. The predicted molar refractivity (Wildman–Crippen MR) is 120 cm³/mol. The average molecular weight is 442 g/mol. The van der Waals surface area contributed by atoms with E-state index in [4.69, 9.17) is 4.74 Å². The third-order valence-electron chi connectivity index (χ3n) is 5.90. The normalized spacial score (nSPS) is 18.0. The van der Waals surface area contributed by atoms with E-state index in [1.807, 2.05) is 41.1 Å². The van der Waals surface area contributed by atoms with Crippen LogP contribution in [0.1, 0.15) is 18.5 Å². The molecule has 164 valence electrons. The zero-order chi connectivity index (χ0) is 21.3. The SMILES string of the molecule is O=S(=O)(c1ccc(N2CCCC2)c(NCc2cn3ccccc3n2)c1)N1CCOCC1. The Kier molecular flexibility index (Phi) is 5.56. The van der Waals surface area contributed by atoms with Crippen molar-refractivity contribution in [2.75, 3.05) is 49.6 Å². The number of anilines is 2. The fourth-order valence-corrected chi connectivity index (χ4v) is 5.68. The summed E-state index contributed by atoms with van der Waals surface area (Å²) < 4.78 is 35.2. The lowest BCUT2D eigenvalue weighted by Crippen LogP contribution is -2.40. The van der Waals surface area contributed by atoms with Crippen molar-refractivity contribution in [1.29, 1.82) is 0 Å². The maximum atomic E-state index is 13.2. The Morgan fingerprint density at radius 1 is 1.03 bits per heavy atom. The third-order valence-corrected chi connectivity index (χ3v) is 7.79. The van der Waals surface area contributed by atoms with Crippen molar-refractivity contribution in [1.82, 2.24) is 13.7 Å². The fraction of sp³-hybridized carbons (Fsp3) is 0.409. The molecule has 2 aromatic heterocycles. The van der Waals surface area contributed by atoms with Crippen molar-refractivity contribution in [3.8, 4) is 0 Å². The van der Waals surface area contributed by atoms with E-state index in [0.717, 1.165) is 48.6 Å². The molecule has 0 spiro atoms. The van der Waals surface area contributed by atoms with Gasteiger partial charge in [-0.2, -0.15) is 4.31 Å². The maximum Gasteiger partial charge on any atom is 0.243 e. The van der Waals surface area contributed by atoms with Gasteiger partial charge < -0.3 is 19.4 Å². The van der Waals surface area contributed by atoms with Crippen molar-refractivity contribution in [2.24, 2.45) is 0 Å². The largest absolute Gasteiger partial charge is 0.379 e. The van der Waals surface area contributed by atoms with Gasteiger partial charge in [-0.05, 0) is 43.2 Å². The Bertz CT molecular complexity index is 1130. The first-order valence-electron chi connectivity index (χ1n) is 10.7. The topological polar surface area (TPSA) is 79.2 Å². The van der Waals surface area contributed by atoms with E-state index in [0.29, 0.717) is 37.7 Å². The number of benzene rings is 1. The number of nitrogens with one attached hydrogen (secondary N) is 1. The standard InChI is InChI=1S/C22H27N5O3S/c28-31(29,27-11-13-30-14-12-27)19-6-7-21(25-8-3-4-9-25)20(15-19)23-16-18-17-26-10-2-1-5-22(26)24-18/h1-2,5-7,10,15,17,23H,3-4,8-9,11-14,16H2. The molecule has 2 aliphatic heterocycles. The van der Waals surface area contributed by atoms with E-state index < -0.39 is 10.0 Å². The first-order chi connectivity index (χ1) is 15.1. The van der Waals surface area contributed by atoms with Gasteiger partial charge in [0.15, 0.2) is 0 Å². The van der Waals surface area contributed by atoms with Crippen LogP contribution in [0.5, 0.6) is 0 Å². The van der Waals surface area contributed by atoms with E-state index in [1.54, 1.807) is 12.1 Å². The summed E-state index contributed by atoms with van der Waals surface area (Å²) in [4.78, 5) is 7.28. The summed E-state index contributed by atoms with van der Waals surface area (Å²) in [5.41, 5.74) is 3.67. The Hall–Kier alpha value is -2.62. The molecule has 0 amide bonds. The minimum atomic E-state index is -3.55. The summed E-state index contributed by atoms with van der Waals surface area (Å²) in [6.07, 6.45) is 6.27. The van der Waals surface area contributed by atoms with Crippen molar-refractivity contribution in [2.45, 2.75) is 24.3 Å². The summed E-state index contributed by atoms with van der Waals surface area (Å²) in [6, 6.07) is 11.3. The molecule has 0 unspecified atom stereocenters. The van der Waals surface area contributed by atoms with Gasteiger partial charge in [0.05, 0.1) is 41.7 Å². The number of morpholine rings is 1. The molecule has 8 nitrogen and oxygen atoms in total. The molecule has 0 aliphatic carbocycles. The van der Waals surface area contributed by atoms with Crippen LogP contribution in [0.25, 0.3) is 5.65 Å². The molecule has 0 saturated carbocycles. The van der Waals surface area contributed by atoms with E-state index in [-0.39, 0.29) is 0 Å².